The zero-order chi connectivity index (χ0) is 18.0. The van der Waals surface area contributed by atoms with Crippen molar-refractivity contribution in [1.29, 1.82) is 0 Å². The number of hydrogen-bond acceptors (Lipinski definition) is 3. The third-order valence-corrected chi connectivity index (χ3v) is 4.97. The summed E-state index contributed by atoms with van der Waals surface area (Å²) in [5, 5.41) is 9.02. The Bertz CT molecular complexity index is 660. The number of carboxylic acid groups (broad SMARTS) is 1. The number of ether oxygens (including phenoxy) is 1. The number of nitrogens with zero attached hydrogens (tertiary/aromatic N) is 1. The third-order valence-electron chi connectivity index (χ3n) is 4.97. The average molecular weight is 353 g/mol. The Balaban J connectivity index is 1.79. The third kappa shape index (κ3) is 3.98. The average Bonchev–Trinajstić information content (AvgIpc) is 3.26. The van der Waals surface area contributed by atoms with Gasteiger partial charge in [-0.2, -0.15) is 0 Å². The van der Waals surface area contributed by atoms with Crippen LogP contribution in [-0.4, -0.2) is 40.1 Å². The van der Waals surface area contributed by atoms with E-state index in [0.29, 0.717) is 6.42 Å². The van der Waals surface area contributed by atoms with Crippen molar-refractivity contribution in [2.24, 2.45) is 0 Å². The van der Waals surface area contributed by atoms with E-state index in [1.807, 2.05) is 0 Å². The van der Waals surface area contributed by atoms with E-state index in [4.69, 9.17) is 9.84 Å². The highest BCUT2D eigenvalue weighted by Crippen LogP contribution is 2.29. The van der Waals surface area contributed by atoms with Crippen LogP contribution in [0, 0.1) is 11.6 Å². The number of aliphatic carboxylic acids is 1. The van der Waals surface area contributed by atoms with Crippen molar-refractivity contribution in [3.05, 3.63) is 35.4 Å². The van der Waals surface area contributed by atoms with Gasteiger partial charge in [0, 0.05) is 18.2 Å². The van der Waals surface area contributed by atoms with E-state index in [1.54, 1.807) is 4.90 Å². The highest BCUT2D eigenvalue weighted by atomic mass is 19.1. The molecule has 136 valence electrons. The minimum Gasteiger partial charge on any atom is -0.479 e. The molecule has 3 rings (SSSR count). The summed E-state index contributed by atoms with van der Waals surface area (Å²) >= 11 is 0. The summed E-state index contributed by atoms with van der Waals surface area (Å²) in [6.45, 7) is -0.0370. The molecule has 0 unspecified atom stereocenters. The molecule has 1 saturated heterocycles. The van der Waals surface area contributed by atoms with Gasteiger partial charge in [-0.25, -0.2) is 13.6 Å². The van der Waals surface area contributed by atoms with Crippen molar-refractivity contribution < 1.29 is 28.2 Å². The molecular formula is C18H21F2NO4. The number of benzene rings is 1. The first-order chi connectivity index (χ1) is 12.0. The molecular weight excluding hydrogens is 332 g/mol. The SMILES string of the molecule is O=C(O)[C@H]1CC[C@@H](C(=O)N(Cc2cc(F)ccc2F)C2CCCC2)O1. The van der Waals surface area contributed by atoms with E-state index >= 15 is 0 Å². The predicted octanol–water partition coefficient (Wildman–Crippen LogP) is 2.87. The summed E-state index contributed by atoms with van der Waals surface area (Å²) in [4.78, 5) is 25.5. The van der Waals surface area contributed by atoms with Gasteiger partial charge < -0.3 is 14.7 Å². The van der Waals surface area contributed by atoms with E-state index < -0.39 is 29.8 Å². The van der Waals surface area contributed by atoms with Crippen LogP contribution in [-0.2, 0) is 20.9 Å². The lowest BCUT2D eigenvalue weighted by molar-refractivity contribution is -0.156. The van der Waals surface area contributed by atoms with Gasteiger partial charge in [0.25, 0.3) is 5.91 Å². The summed E-state index contributed by atoms with van der Waals surface area (Å²) < 4.78 is 32.8. The zero-order valence-corrected chi connectivity index (χ0v) is 13.8. The summed E-state index contributed by atoms with van der Waals surface area (Å²) in [5.41, 5.74) is 0.119. The quantitative estimate of drug-likeness (QED) is 0.884. The first kappa shape index (κ1) is 17.8. The molecule has 5 nitrogen and oxygen atoms in total. The number of carbonyl (C=O) groups is 2. The van der Waals surface area contributed by atoms with Gasteiger partial charge in [0.1, 0.15) is 17.7 Å². The molecule has 2 fully saturated rings. The smallest absolute Gasteiger partial charge is 0.332 e. The molecule has 7 heteroatoms. The molecule has 0 aromatic heterocycles. The monoisotopic (exact) mass is 353 g/mol. The second-order valence-corrected chi connectivity index (χ2v) is 6.67. The molecule has 0 spiro atoms. The number of amides is 1. The molecule has 1 aliphatic carbocycles. The second-order valence-electron chi connectivity index (χ2n) is 6.67. The number of carboxylic acids is 1. The van der Waals surface area contributed by atoms with Crippen LogP contribution in [0.1, 0.15) is 44.1 Å². The van der Waals surface area contributed by atoms with Crippen LogP contribution in [0.2, 0.25) is 0 Å². The van der Waals surface area contributed by atoms with Gasteiger partial charge in [-0.3, -0.25) is 4.79 Å². The van der Waals surface area contributed by atoms with Crippen molar-refractivity contribution >= 4 is 11.9 Å². The normalized spacial score (nSPS) is 23.8. The molecule has 0 radical (unpaired) electrons. The summed E-state index contributed by atoms with van der Waals surface area (Å²) in [7, 11) is 0. The lowest BCUT2D eigenvalue weighted by atomic mass is 10.1. The summed E-state index contributed by atoms with van der Waals surface area (Å²) in [6, 6.07) is 3.13. The van der Waals surface area contributed by atoms with E-state index in [-0.39, 0.29) is 30.5 Å². The Morgan fingerprint density at radius 3 is 2.44 bits per heavy atom. The molecule has 1 N–H and O–H groups in total. The highest BCUT2D eigenvalue weighted by Gasteiger charge is 2.39. The van der Waals surface area contributed by atoms with Crippen molar-refractivity contribution in [1.82, 2.24) is 4.90 Å². The minimum absolute atomic E-state index is 0.0370. The standard InChI is InChI=1S/C18H21F2NO4/c19-12-5-6-14(20)11(9-12)10-21(13-3-1-2-4-13)17(22)15-7-8-16(25-15)18(23)24/h5-6,9,13,15-16H,1-4,7-8,10H2,(H,23,24)/t15-,16+/m0/s1. The predicted molar refractivity (Wildman–Crippen MR) is 84.7 cm³/mol. The van der Waals surface area contributed by atoms with Crippen molar-refractivity contribution in [3.8, 4) is 0 Å². The minimum atomic E-state index is -1.08. The molecule has 1 aromatic carbocycles. The first-order valence-electron chi connectivity index (χ1n) is 8.58. The van der Waals surface area contributed by atoms with Gasteiger partial charge in [-0.05, 0) is 43.9 Å². The van der Waals surface area contributed by atoms with Gasteiger partial charge in [0.2, 0.25) is 0 Å². The molecule has 1 saturated carbocycles. The van der Waals surface area contributed by atoms with E-state index in [2.05, 4.69) is 0 Å². The van der Waals surface area contributed by atoms with Crippen LogP contribution in [0.25, 0.3) is 0 Å². The molecule has 25 heavy (non-hydrogen) atoms. The molecule has 1 aromatic rings. The van der Waals surface area contributed by atoms with Gasteiger partial charge in [0.15, 0.2) is 6.10 Å². The molecule has 1 heterocycles. The Morgan fingerprint density at radius 1 is 1.12 bits per heavy atom. The Morgan fingerprint density at radius 2 is 1.80 bits per heavy atom. The largest absolute Gasteiger partial charge is 0.479 e. The van der Waals surface area contributed by atoms with Crippen LogP contribution in [0.15, 0.2) is 18.2 Å². The molecule has 2 aliphatic rings. The van der Waals surface area contributed by atoms with Crippen LogP contribution in [0.3, 0.4) is 0 Å². The fraction of sp³-hybridized carbons (Fsp3) is 0.556. The molecule has 0 bridgehead atoms. The fourth-order valence-corrected chi connectivity index (χ4v) is 3.64. The lowest BCUT2D eigenvalue weighted by Crippen LogP contribution is -2.44. The van der Waals surface area contributed by atoms with Crippen LogP contribution in [0.5, 0.6) is 0 Å². The molecule has 1 aliphatic heterocycles. The summed E-state index contributed by atoms with van der Waals surface area (Å²) in [5.74, 6) is -2.54. The fourth-order valence-electron chi connectivity index (χ4n) is 3.64. The van der Waals surface area contributed by atoms with Gasteiger partial charge in [-0.15, -0.1) is 0 Å². The number of halogens is 2. The molecule has 1 amide bonds. The van der Waals surface area contributed by atoms with Crippen molar-refractivity contribution in [3.63, 3.8) is 0 Å². The van der Waals surface area contributed by atoms with Crippen LogP contribution >= 0.6 is 0 Å². The van der Waals surface area contributed by atoms with Gasteiger partial charge in [0.05, 0.1) is 0 Å². The maximum atomic E-state index is 14.0. The second kappa shape index (κ2) is 7.47. The number of hydrogen-bond donors (Lipinski definition) is 1. The van der Waals surface area contributed by atoms with Crippen LogP contribution < -0.4 is 0 Å². The topological polar surface area (TPSA) is 66.8 Å². The van der Waals surface area contributed by atoms with E-state index in [1.165, 1.54) is 0 Å². The van der Waals surface area contributed by atoms with Crippen molar-refractivity contribution in [2.45, 2.75) is 63.3 Å². The van der Waals surface area contributed by atoms with Crippen molar-refractivity contribution in [2.75, 3.05) is 0 Å². The maximum absolute atomic E-state index is 14.0. The maximum Gasteiger partial charge on any atom is 0.332 e. The van der Waals surface area contributed by atoms with Crippen LogP contribution in [0.4, 0.5) is 8.78 Å². The number of rotatable bonds is 5. The zero-order valence-electron chi connectivity index (χ0n) is 13.8. The Labute approximate surface area is 144 Å². The van der Waals surface area contributed by atoms with Gasteiger partial charge >= 0.3 is 5.97 Å². The van der Waals surface area contributed by atoms with E-state index in [9.17, 15) is 18.4 Å². The van der Waals surface area contributed by atoms with Gasteiger partial charge in [-0.1, -0.05) is 12.8 Å². The van der Waals surface area contributed by atoms with E-state index in [0.717, 1.165) is 43.9 Å². The summed E-state index contributed by atoms with van der Waals surface area (Å²) in [6.07, 6.45) is 2.34. The number of carbonyl (C=O) groups excluding carboxylic acids is 1. The highest BCUT2D eigenvalue weighted by molar-refractivity contribution is 5.83. The first-order valence-corrected chi connectivity index (χ1v) is 8.58. The molecule has 2 atom stereocenters. The lowest BCUT2D eigenvalue weighted by Gasteiger charge is -2.31. The Kier molecular flexibility index (Phi) is 5.32. The Hall–Kier alpha value is -2.02.